The van der Waals surface area contributed by atoms with Gasteiger partial charge in [-0.2, -0.15) is 0 Å². The molecule has 0 saturated carbocycles. The average Bonchev–Trinajstić information content (AvgIpc) is 2.23. The number of benzene rings is 1. The number of hydrogen-bond donors (Lipinski definition) is 1. The van der Waals surface area contributed by atoms with Crippen molar-refractivity contribution in [1.82, 2.24) is 5.32 Å². The van der Waals surface area contributed by atoms with Gasteiger partial charge >= 0.3 is 0 Å². The van der Waals surface area contributed by atoms with Crippen LogP contribution in [0.2, 0.25) is 5.02 Å². The Morgan fingerprint density at radius 1 is 1.39 bits per heavy atom. The van der Waals surface area contributed by atoms with Crippen LogP contribution in [0.25, 0.3) is 0 Å². The van der Waals surface area contributed by atoms with Crippen molar-refractivity contribution >= 4 is 21.4 Å². The third-order valence-corrected chi connectivity index (χ3v) is 4.04. The van der Waals surface area contributed by atoms with Crippen molar-refractivity contribution in [1.29, 1.82) is 0 Å². The predicted molar refractivity (Wildman–Crippen MR) is 76.8 cm³/mol. The molecule has 0 spiro atoms. The first-order valence-corrected chi connectivity index (χ1v) is 8.45. The van der Waals surface area contributed by atoms with Gasteiger partial charge in [0.25, 0.3) is 0 Å². The maximum absolute atomic E-state index is 11.2. The second kappa shape index (κ2) is 6.55. The summed E-state index contributed by atoms with van der Waals surface area (Å²) in [7, 11) is -2.96. The second-order valence-corrected chi connectivity index (χ2v) is 7.30. The number of nitrogens with one attached hydrogen (secondary N) is 1. The van der Waals surface area contributed by atoms with Crippen LogP contribution < -0.4 is 5.32 Å². The maximum Gasteiger partial charge on any atom is 0.148 e. The Labute approximate surface area is 114 Å². The van der Waals surface area contributed by atoms with Gasteiger partial charge < -0.3 is 5.32 Å². The fourth-order valence-electron chi connectivity index (χ4n) is 2.02. The molecule has 3 nitrogen and oxygen atoms in total. The minimum atomic E-state index is -2.96. The SMILES string of the molecule is CCC(NC(C)CS(C)(=O)=O)c1cccc(Cl)c1. The first-order valence-electron chi connectivity index (χ1n) is 6.01. The molecule has 0 amide bonds. The molecule has 1 aromatic rings. The van der Waals surface area contributed by atoms with E-state index in [1.54, 1.807) is 0 Å². The molecule has 18 heavy (non-hydrogen) atoms. The lowest BCUT2D eigenvalue weighted by Gasteiger charge is -2.22. The quantitative estimate of drug-likeness (QED) is 0.876. The van der Waals surface area contributed by atoms with Gasteiger partial charge in [-0.25, -0.2) is 8.42 Å². The summed E-state index contributed by atoms with van der Waals surface area (Å²) in [5.41, 5.74) is 1.09. The van der Waals surface area contributed by atoms with E-state index in [0.717, 1.165) is 12.0 Å². The molecule has 0 aromatic heterocycles. The Hall–Kier alpha value is -0.580. The van der Waals surface area contributed by atoms with Crippen LogP contribution in [0.1, 0.15) is 31.9 Å². The summed E-state index contributed by atoms with van der Waals surface area (Å²) in [6, 6.07) is 7.70. The first kappa shape index (κ1) is 15.5. The highest BCUT2D eigenvalue weighted by molar-refractivity contribution is 7.90. The molecule has 0 saturated heterocycles. The van der Waals surface area contributed by atoms with E-state index in [2.05, 4.69) is 12.2 Å². The van der Waals surface area contributed by atoms with Crippen LogP contribution in [-0.2, 0) is 9.84 Å². The van der Waals surface area contributed by atoms with Crippen molar-refractivity contribution in [3.05, 3.63) is 34.9 Å². The largest absolute Gasteiger partial charge is 0.306 e. The lowest BCUT2D eigenvalue weighted by molar-refractivity contribution is 0.464. The number of rotatable bonds is 6. The van der Waals surface area contributed by atoms with E-state index in [0.29, 0.717) is 5.02 Å². The second-order valence-electron chi connectivity index (χ2n) is 4.68. The van der Waals surface area contributed by atoms with E-state index in [-0.39, 0.29) is 17.8 Å². The van der Waals surface area contributed by atoms with Crippen LogP contribution in [0.4, 0.5) is 0 Å². The van der Waals surface area contributed by atoms with Crippen LogP contribution >= 0.6 is 11.6 Å². The molecule has 2 atom stereocenters. The minimum Gasteiger partial charge on any atom is -0.306 e. The van der Waals surface area contributed by atoms with Crippen LogP contribution in [0.5, 0.6) is 0 Å². The van der Waals surface area contributed by atoms with Crippen molar-refractivity contribution in [3.63, 3.8) is 0 Å². The number of halogens is 1. The van der Waals surface area contributed by atoms with Gasteiger partial charge in [0, 0.05) is 23.4 Å². The van der Waals surface area contributed by atoms with Gasteiger partial charge in [-0.3, -0.25) is 0 Å². The zero-order valence-corrected chi connectivity index (χ0v) is 12.6. The molecule has 1 rings (SSSR count). The van der Waals surface area contributed by atoms with Gasteiger partial charge in [-0.1, -0.05) is 30.7 Å². The minimum absolute atomic E-state index is 0.0797. The zero-order chi connectivity index (χ0) is 13.8. The third-order valence-electron chi connectivity index (χ3n) is 2.70. The lowest BCUT2D eigenvalue weighted by atomic mass is 10.0. The summed E-state index contributed by atoms with van der Waals surface area (Å²) >= 11 is 5.97. The Kier molecular flexibility index (Phi) is 5.63. The van der Waals surface area contributed by atoms with Gasteiger partial charge in [-0.15, -0.1) is 0 Å². The molecule has 102 valence electrons. The van der Waals surface area contributed by atoms with E-state index in [4.69, 9.17) is 11.6 Å². The van der Waals surface area contributed by atoms with Gasteiger partial charge in [0.1, 0.15) is 9.84 Å². The summed E-state index contributed by atoms with van der Waals surface area (Å²) in [5, 5.41) is 4.03. The summed E-state index contributed by atoms with van der Waals surface area (Å²) in [6.07, 6.45) is 2.14. The van der Waals surface area contributed by atoms with E-state index >= 15 is 0 Å². The highest BCUT2D eigenvalue weighted by atomic mass is 35.5. The Balaban J connectivity index is 2.73. The fourth-order valence-corrected chi connectivity index (χ4v) is 3.22. The smallest absolute Gasteiger partial charge is 0.148 e. The van der Waals surface area contributed by atoms with E-state index < -0.39 is 9.84 Å². The van der Waals surface area contributed by atoms with Crippen LogP contribution in [0.15, 0.2) is 24.3 Å². The monoisotopic (exact) mass is 289 g/mol. The molecule has 1 aromatic carbocycles. The molecule has 0 fully saturated rings. The molecule has 0 heterocycles. The van der Waals surface area contributed by atoms with Gasteiger partial charge in [0.15, 0.2) is 0 Å². The maximum atomic E-state index is 11.2. The molecule has 0 radical (unpaired) electrons. The van der Waals surface area contributed by atoms with Crippen molar-refractivity contribution < 1.29 is 8.42 Å². The zero-order valence-electron chi connectivity index (χ0n) is 11.0. The van der Waals surface area contributed by atoms with Crippen LogP contribution in [0, 0.1) is 0 Å². The van der Waals surface area contributed by atoms with E-state index in [1.165, 1.54) is 6.26 Å². The van der Waals surface area contributed by atoms with E-state index in [1.807, 2.05) is 31.2 Å². The molecule has 5 heteroatoms. The predicted octanol–water partition coefficient (Wildman–Crippen LogP) is 2.81. The highest BCUT2D eigenvalue weighted by Gasteiger charge is 2.16. The normalized spacial score (nSPS) is 15.3. The van der Waals surface area contributed by atoms with E-state index in [9.17, 15) is 8.42 Å². The molecule has 0 aliphatic heterocycles. The summed E-state index contributed by atoms with van der Waals surface area (Å²) in [5.74, 6) is 0.143. The average molecular weight is 290 g/mol. The highest BCUT2D eigenvalue weighted by Crippen LogP contribution is 2.20. The van der Waals surface area contributed by atoms with Crippen molar-refractivity contribution in [2.45, 2.75) is 32.4 Å². The Bertz CT molecular complexity index is 488. The standard InChI is InChI=1S/C13H20ClNO2S/c1-4-13(11-6-5-7-12(14)8-11)15-10(2)9-18(3,16)17/h5-8,10,13,15H,4,9H2,1-3H3. The third kappa shape index (κ3) is 5.38. The Morgan fingerprint density at radius 3 is 2.56 bits per heavy atom. The molecule has 0 aliphatic carbocycles. The fraction of sp³-hybridized carbons (Fsp3) is 0.538. The molecular formula is C13H20ClNO2S. The van der Waals surface area contributed by atoms with Crippen LogP contribution in [0.3, 0.4) is 0 Å². The molecule has 0 bridgehead atoms. The van der Waals surface area contributed by atoms with Crippen LogP contribution in [-0.4, -0.2) is 26.5 Å². The van der Waals surface area contributed by atoms with Crippen molar-refractivity contribution in [3.8, 4) is 0 Å². The molecule has 1 N–H and O–H groups in total. The van der Waals surface area contributed by atoms with Crippen molar-refractivity contribution in [2.24, 2.45) is 0 Å². The molecular weight excluding hydrogens is 270 g/mol. The lowest BCUT2D eigenvalue weighted by Crippen LogP contribution is -2.35. The Morgan fingerprint density at radius 2 is 2.06 bits per heavy atom. The number of sulfone groups is 1. The summed E-state index contributed by atoms with van der Waals surface area (Å²) in [6.45, 7) is 3.94. The summed E-state index contributed by atoms with van der Waals surface area (Å²) < 4.78 is 22.5. The number of hydrogen-bond acceptors (Lipinski definition) is 3. The first-order chi connectivity index (χ1) is 8.31. The molecule has 0 aliphatic rings. The van der Waals surface area contributed by atoms with Crippen molar-refractivity contribution in [2.75, 3.05) is 12.0 Å². The topological polar surface area (TPSA) is 46.2 Å². The van der Waals surface area contributed by atoms with Gasteiger partial charge in [0.2, 0.25) is 0 Å². The molecule has 2 unspecified atom stereocenters. The van der Waals surface area contributed by atoms with Gasteiger partial charge in [-0.05, 0) is 31.0 Å². The summed E-state index contributed by atoms with van der Waals surface area (Å²) in [4.78, 5) is 0. The van der Waals surface area contributed by atoms with Gasteiger partial charge in [0.05, 0.1) is 5.75 Å².